The predicted molar refractivity (Wildman–Crippen MR) is 109 cm³/mol. The summed E-state index contributed by atoms with van der Waals surface area (Å²) in [4.78, 5) is 33.5. The predicted octanol–water partition coefficient (Wildman–Crippen LogP) is 3.36. The maximum atomic E-state index is 13.1. The molecular weight excluding hydrogens is 425 g/mol. The zero-order valence-corrected chi connectivity index (χ0v) is 17.8. The molecule has 1 aliphatic heterocycles. The highest BCUT2D eigenvalue weighted by molar-refractivity contribution is 6.03. The highest BCUT2D eigenvalue weighted by Crippen LogP contribution is 2.51. The summed E-state index contributed by atoms with van der Waals surface area (Å²) in [5.74, 6) is -2.78. The molecule has 2 amide bonds. The van der Waals surface area contributed by atoms with Gasteiger partial charge in [0.1, 0.15) is 11.4 Å². The van der Waals surface area contributed by atoms with Crippen LogP contribution in [0.15, 0.2) is 24.5 Å². The molecule has 170 valence electrons. The van der Waals surface area contributed by atoms with E-state index in [1.54, 1.807) is 19.1 Å². The van der Waals surface area contributed by atoms with Crippen LogP contribution in [0.1, 0.15) is 47.6 Å². The van der Waals surface area contributed by atoms with Gasteiger partial charge in [-0.15, -0.1) is 0 Å². The number of anilines is 1. The number of alkyl halides is 3. The van der Waals surface area contributed by atoms with Gasteiger partial charge in [0.2, 0.25) is 0 Å². The minimum atomic E-state index is -4.93. The molecule has 2 heterocycles. The standard InChI is InChI=1S/C22H23F3N4O3/c1-11-9-27-16(10-26-11)19(31)28-15-6-13-7-17-12(2)21(3,14(13)8-18(15)30)4-5-29(17)20(32)22(23,24)25/h6,8-10,12,17,30H,4-5,7H2,1-3H3,(H,28,31)/t12-,17?,21-/m1/s1. The Morgan fingerprint density at radius 3 is 2.59 bits per heavy atom. The average Bonchev–Trinajstić information content (AvgIpc) is 2.71. The lowest BCUT2D eigenvalue weighted by Crippen LogP contribution is -2.61. The SMILES string of the molecule is Cc1cnc(C(=O)Nc2cc3c(cc2O)[C@]2(C)CCN(C(=O)C(F)(F)F)C(C3)[C@H]2C)cn1. The topological polar surface area (TPSA) is 95.4 Å². The molecular formula is C22H23F3N4O3. The Hall–Kier alpha value is -3.17. The van der Waals surface area contributed by atoms with Crippen LogP contribution < -0.4 is 5.32 Å². The van der Waals surface area contributed by atoms with Crippen molar-refractivity contribution in [2.75, 3.05) is 11.9 Å². The maximum absolute atomic E-state index is 13.1. The lowest BCUT2D eigenvalue weighted by Gasteiger charge is -2.54. The second kappa shape index (κ2) is 7.46. The van der Waals surface area contributed by atoms with E-state index < -0.39 is 29.4 Å². The largest absolute Gasteiger partial charge is 0.506 e. The number of phenols is 1. The highest BCUT2D eigenvalue weighted by atomic mass is 19.4. The van der Waals surface area contributed by atoms with Gasteiger partial charge >= 0.3 is 12.1 Å². The van der Waals surface area contributed by atoms with Crippen molar-refractivity contribution in [1.29, 1.82) is 0 Å². The number of aromatic hydroxyl groups is 1. The molecule has 1 aromatic carbocycles. The third-order valence-corrected chi connectivity index (χ3v) is 6.89. The number of halogens is 3. The van der Waals surface area contributed by atoms with E-state index in [-0.39, 0.29) is 36.0 Å². The van der Waals surface area contributed by atoms with E-state index in [0.29, 0.717) is 17.7 Å². The highest BCUT2D eigenvalue weighted by Gasteiger charge is 2.54. The van der Waals surface area contributed by atoms with Crippen LogP contribution in [-0.4, -0.2) is 50.6 Å². The van der Waals surface area contributed by atoms with Crippen LogP contribution in [0.3, 0.4) is 0 Å². The fourth-order valence-electron chi connectivity index (χ4n) is 4.88. The van der Waals surface area contributed by atoms with E-state index in [4.69, 9.17) is 0 Å². The van der Waals surface area contributed by atoms with Crippen LogP contribution in [0.4, 0.5) is 18.9 Å². The summed E-state index contributed by atoms with van der Waals surface area (Å²) in [6.07, 6.45) is -1.65. The number of amides is 2. The Labute approximate surface area is 182 Å². The second-order valence-electron chi connectivity index (χ2n) is 8.75. The molecule has 10 heteroatoms. The van der Waals surface area contributed by atoms with Crippen molar-refractivity contribution in [2.24, 2.45) is 5.92 Å². The van der Waals surface area contributed by atoms with Gasteiger partial charge in [-0.3, -0.25) is 14.6 Å². The quantitative estimate of drug-likeness (QED) is 0.687. The molecule has 0 spiro atoms. The molecule has 32 heavy (non-hydrogen) atoms. The van der Waals surface area contributed by atoms with Crippen molar-refractivity contribution in [1.82, 2.24) is 14.9 Å². The molecule has 0 radical (unpaired) electrons. The number of carbonyl (C=O) groups excluding carboxylic acids is 2. The van der Waals surface area contributed by atoms with Gasteiger partial charge < -0.3 is 15.3 Å². The van der Waals surface area contributed by atoms with Gasteiger partial charge in [-0.05, 0) is 54.4 Å². The molecule has 0 saturated carbocycles. The number of aryl methyl sites for hydroxylation is 1. The van der Waals surface area contributed by atoms with Crippen LogP contribution in [-0.2, 0) is 16.6 Å². The van der Waals surface area contributed by atoms with Crippen LogP contribution in [0.2, 0.25) is 0 Å². The van der Waals surface area contributed by atoms with Crippen LogP contribution in [0.5, 0.6) is 5.75 Å². The summed E-state index contributed by atoms with van der Waals surface area (Å²) in [7, 11) is 0. The number of phenolic OH excluding ortho intramolecular Hbond substituents is 1. The molecule has 2 aliphatic rings. The number of rotatable bonds is 2. The number of carbonyl (C=O) groups is 2. The van der Waals surface area contributed by atoms with E-state index in [9.17, 15) is 27.9 Å². The summed E-state index contributed by atoms with van der Waals surface area (Å²) >= 11 is 0. The van der Waals surface area contributed by atoms with E-state index in [0.717, 1.165) is 10.5 Å². The number of hydrogen-bond donors (Lipinski definition) is 2. The maximum Gasteiger partial charge on any atom is 0.471 e. The molecule has 1 fully saturated rings. The monoisotopic (exact) mass is 448 g/mol. The summed E-state index contributed by atoms with van der Waals surface area (Å²) in [6.45, 7) is 5.51. The summed E-state index contributed by atoms with van der Waals surface area (Å²) in [6, 6.07) is 2.51. The molecule has 2 aromatic rings. The number of nitrogens with one attached hydrogen (secondary N) is 1. The first-order chi connectivity index (χ1) is 14.9. The summed E-state index contributed by atoms with van der Waals surface area (Å²) < 4.78 is 39.4. The first-order valence-electron chi connectivity index (χ1n) is 10.3. The van der Waals surface area contributed by atoms with Crippen molar-refractivity contribution >= 4 is 17.5 Å². The van der Waals surface area contributed by atoms with Crippen LogP contribution >= 0.6 is 0 Å². The summed E-state index contributed by atoms with van der Waals surface area (Å²) in [5, 5.41) is 13.2. The summed E-state index contributed by atoms with van der Waals surface area (Å²) in [5.41, 5.74) is 1.84. The zero-order chi connectivity index (χ0) is 23.4. The molecule has 1 aliphatic carbocycles. The smallest absolute Gasteiger partial charge is 0.471 e. The minimum absolute atomic E-state index is 0.00532. The second-order valence-corrected chi connectivity index (χ2v) is 8.75. The lowest BCUT2D eigenvalue weighted by molar-refractivity contribution is -0.192. The fourth-order valence-corrected chi connectivity index (χ4v) is 4.88. The van der Waals surface area contributed by atoms with Crippen molar-refractivity contribution in [2.45, 2.75) is 51.2 Å². The zero-order valence-electron chi connectivity index (χ0n) is 17.8. The Morgan fingerprint density at radius 2 is 1.97 bits per heavy atom. The Kier molecular flexibility index (Phi) is 5.14. The van der Waals surface area contributed by atoms with E-state index in [2.05, 4.69) is 15.3 Å². The third-order valence-electron chi connectivity index (χ3n) is 6.89. The molecule has 7 nitrogen and oxygen atoms in total. The molecule has 3 atom stereocenters. The molecule has 2 N–H and O–H groups in total. The van der Waals surface area contributed by atoms with Gasteiger partial charge in [-0.1, -0.05) is 13.8 Å². The third kappa shape index (κ3) is 3.57. The van der Waals surface area contributed by atoms with Crippen molar-refractivity contribution in [3.05, 3.63) is 47.0 Å². The van der Waals surface area contributed by atoms with Gasteiger partial charge in [0.25, 0.3) is 5.91 Å². The number of benzene rings is 1. The number of fused-ring (bicyclic) bond motifs is 4. The fraction of sp³-hybridized carbons (Fsp3) is 0.455. The van der Waals surface area contributed by atoms with Gasteiger partial charge in [0.15, 0.2) is 0 Å². The number of piperidine rings is 1. The Balaban J connectivity index is 1.67. The van der Waals surface area contributed by atoms with Crippen molar-refractivity contribution < 1.29 is 27.9 Å². The minimum Gasteiger partial charge on any atom is -0.506 e. The molecule has 1 aromatic heterocycles. The molecule has 2 bridgehead atoms. The van der Waals surface area contributed by atoms with Crippen molar-refractivity contribution in [3.63, 3.8) is 0 Å². The molecule has 4 rings (SSSR count). The first-order valence-corrected chi connectivity index (χ1v) is 10.3. The van der Waals surface area contributed by atoms with Gasteiger partial charge in [0, 0.05) is 18.8 Å². The van der Waals surface area contributed by atoms with E-state index >= 15 is 0 Å². The van der Waals surface area contributed by atoms with Crippen LogP contribution in [0.25, 0.3) is 0 Å². The number of aromatic nitrogens is 2. The van der Waals surface area contributed by atoms with Gasteiger partial charge in [-0.2, -0.15) is 13.2 Å². The average molecular weight is 448 g/mol. The molecule has 1 unspecified atom stereocenters. The first kappa shape index (κ1) is 22.0. The number of nitrogens with zero attached hydrogens (tertiary/aromatic N) is 3. The van der Waals surface area contributed by atoms with E-state index in [1.165, 1.54) is 12.4 Å². The van der Waals surface area contributed by atoms with E-state index in [1.807, 2.05) is 13.8 Å². The number of likely N-dealkylation sites (tertiary alicyclic amines) is 1. The Bertz CT molecular complexity index is 1090. The normalized spacial score (nSPS) is 24.6. The number of hydrogen-bond acceptors (Lipinski definition) is 5. The Morgan fingerprint density at radius 1 is 1.25 bits per heavy atom. The molecule has 1 saturated heterocycles. The lowest BCUT2D eigenvalue weighted by atomic mass is 9.59. The van der Waals surface area contributed by atoms with Gasteiger partial charge in [0.05, 0.1) is 17.6 Å². The van der Waals surface area contributed by atoms with Crippen LogP contribution in [0, 0.1) is 12.8 Å². The van der Waals surface area contributed by atoms with Crippen molar-refractivity contribution in [3.8, 4) is 5.75 Å². The van der Waals surface area contributed by atoms with Gasteiger partial charge in [-0.25, -0.2) is 4.98 Å².